The van der Waals surface area contributed by atoms with Gasteiger partial charge in [-0.05, 0) is 43.5 Å². The molecule has 0 spiro atoms. The van der Waals surface area contributed by atoms with E-state index in [9.17, 15) is 28.1 Å². The first kappa shape index (κ1) is 32.1. The molecule has 39 heavy (non-hydrogen) atoms. The van der Waals surface area contributed by atoms with Crippen molar-refractivity contribution in [2.45, 2.75) is 52.2 Å². The maximum atomic E-state index is 13.8. The SMILES string of the molecule is CC[C@H](C)NC(=O)[C@H](CC)N(Cc1ccc(Cl)cc1Cl)C(=O)CN(c1cc([N+](=O)[O-])ccc1OC)S(C)(=O)=O. The summed E-state index contributed by atoms with van der Waals surface area (Å²) in [5.74, 6) is -1.14. The second-order valence-corrected chi connectivity index (χ2v) is 11.6. The van der Waals surface area contributed by atoms with Crippen LogP contribution in [0.3, 0.4) is 0 Å². The standard InChI is InChI=1S/C25H32Cl2N4O7S/c1-6-16(3)28-25(33)21(7-2)29(14-17-8-9-18(26)12-20(17)27)24(32)15-30(39(5,36)37)22-13-19(31(34)35)10-11-23(22)38-4/h8-13,16,21H,6-7,14-15H2,1-5H3,(H,28,33)/t16-,21-/m0/s1. The van der Waals surface area contributed by atoms with Crippen LogP contribution < -0.4 is 14.4 Å². The summed E-state index contributed by atoms with van der Waals surface area (Å²) in [6.45, 7) is 4.58. The molecule has 214 valence electrons. The normalized spacial score (nSPS) is 12.8. The minimum Gasteiger partial charge on any atom is -0.495 e. The third kappa shape index (κ3) is 8.45. The highest BCUT2D eigenvalue weighted by atomic mass is 35.5. The molecule has 0 aliphatic heterocycles. The number of nitrogens with zero attached hydrogens (tertiary/aromatic N) is 3. The largest absolute Gasteiger partial charge is 0.495 e. The molecule has 0 aliphatic rings. The monoisotopic (exact) mass is 602 g/mol. The zero-order valence-corrected chi connectivity index (χ0v) is 24.6. The van der Waals surface area contributed by atoms with E-state index in [1.807, 2.05) is 13.8 Å². The van der Waals surface area contributed by atoms with Crippen molar-refractivity contribution in [1.82, 2.24) is 10.2 Å². The van der Waals surface area contributed by atoms with Gasteiger partial charge in [0, 0.05) is 34.8 Å². The van der Waals surface area contributed by atoms with Gasteiger partial charge in [0.2, 0.25) is 21.8 Å². The molecule has 0 bridgehead atoms. The van der Waals surface area contributed by atoms with Gasteiger partial charge >= 0.3 is 0 Å². The molecule has 2 rings (SSSR count). The molecule has 14 heteroatoms. The van der Waals surface area contributed by atoms with Crippen LogP contribution in [0, 0.1) is 10.1 Å². The molecule has 0 aromatic heterocycles. The molecule has 2 aromatic carbocycles. The van der Waals surface area contributed by atoms with Crippen LogP contribution in [-0.2, 0) is 26.2 Å². The molecule has 1 N–H and O–H groups in total. The van der Waals surface area contributed by atoms with E-state index in [0.29, 0.717) is 17.0 Å². The number of sulfonamides is 1. The fourth-order valence-electron chi connectivity index (χ4n) is 3.78. The van der Waals surface area contributed by atoms with Crippen molar-refractivity contribution >= 4 is 56.4 Å². The van der Waals surface area contributed by atoms with Crippen molar-refractivity contribution in [2.75, 3.05) is 24.2 Å². The number of anilines is 1. The van der Waals surface area contributed by atoms with Crippen molar-refractivity contribution in [3.8, 4) is 5.75 Å². The van der Waals surface area contributed by atoms with E-state index < -0.39 is 45.0 Å². The Morgan fingerprint density at radius 1 is 1.13 bits per heavy atom. The lowest BCUT2D eigenvalue weighted by molar-refractivity contribution is -0.384. The molecule has 0 radical (unpaired) electrons. The maximum absolute atomic E-state index is 13.8. The molecule has 0 saturated carbocycles. The highest BCUT2D eigenvalue weighted by Crippen LogP contribution is 2.34. The van der Waals surface area contributed by atoms with E-state index in [1.54, 1.807) is 19.1 Å². The van der Waals surface area contributed by atoms with E-state index in [2.05, 4.69) is 5.32 Å². The number of amides is 2. The van der Waals surface area contributed by atoms with Gasteiger partial charge < -0.3 is 15.0 Å². The molecular formula is C25H32Cl2N4O7S. The van der Waals surface area contributed by atoms with Crippen LogP contribution >= 0.6 is 23.2 Å². The molecular weight excluding hydrogens is 571 g/mol. The predicted octanol–water partition coefficient (Wildman–Crippen LogP) is 4.40. The Kier molecular flexibility index (Phi) is 11.4. The van der Waals surface area contributed by atoms with Crippen LogP contribution in [0.15, 0.2) is 36.4 Å². The number of nitro benzene ring substituents is 1. The van der Waals surface area contributed by atoms with Gasteiger partial charge in [-0.25, -0.2) is 8.42 Å². The van der Waals surface area contributed by atoms with Gasteiger partial charge in [0.15, 0.2) is 0 Å². The Morgan fingerprint density at radius 2 is 1.79 bits per heavy atom. The van der Waals surface area contributed by atoms with Gasteiger partial charge in [-0.2, -0.15) is 0 Å². The van der Waals surface area contributed by atoms with E-state index in [0.717, 1.165) is 22.7 Å². The van der Waals surface area contributed by atoms with Crippen molar-refractivity contribution in [3.05, 3.63) is 62.1 Å². The number of non-ortho nitro benzene ring substituents is 1. The number of methoxy groups -OCH3 is 1. The maximum Gasteiger partial charge on any atom is 0.271 e. The Morgan fingerprint density at radius 3 is 2.31 bits per heavy atom. The highest BCUT2D eigenvalue weighted by molar-refractivity contribution is 7.92. The van der Waals surface area contributed by atoms with E-state index in [4.69, 9.17) is 27.9 Å². The molecule has 2 atom stereocenters. The molecule has 0 fully saturated rings. The number of carbonyl (C=O) groups excluding carboxylic acids is 2. The van der Waals surface area contributed by atoms with Crippen molar-refractivity contribution < 1.29 is 27.7 Å². The molecule has 2 amide bonds. The number of nitro groups is 1. The number of halogens is 2. The smallest absolute Gasteiger partial charge is 0.271 e. The fourth-order valence-corrected chi connectivity index (χ4v) is 5.09. The lowest BCUT2D eigenvalue weighted by Crippen LogP contribution is -2.53. The zero-order chi connectivity index (χ0) is 29.5. The topological polar surface area (TPSA) is 139 Å². The molecule has 0 heterocycles. The van der Waals surface area contributed by atoms with Crippen molar-refractivity contribution in [1.29, 1.82) is 0 Å². The number of benzene rings is 2. The van der Waals surface area contributed by atoms with Crippen LogP contribution in [0.1, 0.15) is 39.2 Å². The third-order valence-corrected chi connectivity index (χ3v) is 7.78. The van der Waals surface area contributed by atoms with Crippen molar-refractivity contribution in [3.63, 3.8) is 0 Å². The van der Waals surface area contributed by atoms with Gasteiger partial charge in [-0.15, -0.1) is 0 Å². The molecule has 11 nitrogen and oxygen atoms in total. The van der Waals surface area contributed by atoms with Gasteiger partial charge in [0.05, 0.1) is 18.3 Å². The van der Waals surface area contributed by atoms with Crippen LogP contribution in [0.5, 0.6) is 5.75 Å². The predicted molar refractivity (Wildman–Crippen MR) is 151 cm³/mol. The minimum absolute atomic E-state index is 0.00711. The molecule has 0 aliphatic carbocycles. The lowest BCUT2D eigenvalue weighted by Gasteiger charge is -2.33. The van der Waals surface area contributed by atoms with E-state index in [1.165, 1.54) is 24.1 Å². The van der Waals surface area contributed by atoms with E-state index in [-0.39, 0.29) is 35.5 Å². The van der Waals surface area contributed by atoms with Gasteiger partial charge in [0.25, 0.3) is 5.69 Å². The average Bonchev–Trinajstić information content (AvgIpc) is 2.86. The summed E-state index contributed by atoms with van der Waals surface area (Å²) in [7, 11) is -2.87. The summed E-state index contributed by atoms with van der Waals surface area (Å²) < 4.78 is 31.7. The number of nitrogens with one attached hydrogen (secondary N) is 1. The molecule has 2 aromatic rings. The quantitative estimate of drug-likeness (QED) is 0.265. The van der Waals surface area contributed by atoms with Gasteiger partial charge in [-0.3, -0.25) is 24.0 Å². The average molecular weight is 604 g/mol. The van der Waals surface area contributed by atoms with Gasteiger partial charge in [0.1, 0.15) is 24.0 Å². The van der Waals surface area contributed by atoms with E-state index >= 15 is 0 Å². The first-order valence-electron chi connectivity index (χ1n) is 12.1. The summed E-state index contributed by atoms with van der Waals surface area (Å²) in [6.07, 6.45) is 1.75. The Bertz CT molecular complexity index is 1320. The Hall–Kier alpha value is -3.09. The first-order chi connectivity index (χ1) is 18.2. The number of hydrogen-bond donors (Lipinski definition) is 1. The zero-order valence-electron chi connectivity index (χ0n) is 22.3. The van der Waals surface area contributed by atoms with Crippen LogP contribution in [0.4, 0.5) is 11.4 Å². The molecule has 0 unspecified atom stereocenters. The Labute approximate surface area is 238 Å². The second kappa shape index (κ2) is 13.8. The summed E-state index contributed by atoms with van der Waals surface area (Å²) in [5, 5.41) is 14.9. The summed E-state index contributed by atoms with van der Waals surface area (Å²) >= 11 is 12.4. The van der Waals surface area contributed by atoms with Gasteiger partial charge in [-0.1, -0.05) is 43.1 Å². The van der Waals surface area contributed by atoms with Crippen LogP contribution in [0.25, 0.3) is 0 Å². The minimum atomic E-state index is -4.14. The summed E-state index contributed by atoms with van der Waals surface area (Å²) in [4.78, 5) is 39.0. The first-order valence-corrected chi connectivity index (χ1v) is 14.7. The molecule has 0 saturated heterocycles. The number of hydrogen-bond acceptors (Lipinski definition) is 7. The fraction of sp³-hybridized carbons (Fsp3) is 0.440. The number of rotatable bonds is 13. The van der Waals surface area contributed by atoms with Crippen LogP contribution in [0.2, 0.25) is 10.0 Å². The van der Waals surface area contributed by atoms with Crippen LogP contribution in [-0.4, -0.2) is 62.0 Å². The number of ether oxygens (including phenoxy) is 1. The van der Waals surface area contributed by atoms with Crippen molar-refractivity contribution in [2.24, 2.45) is 0 Å². The number of carbonyl (C=O) groups is 2. The lowest BCUT2D eigenvalue weighted by atomic mass is 10.1. The highest BCUT2D eigenvalue weighted by Gasteiger charge is 2.33. The summed E-state index contributed by atoms with van der Waals surface area (Å²) in [5.41, 5.74) is -0.0942. The summed E-state index contributed by atoms with van der Waals surface area (Å²) in [6, 6.07) is 6.99. The second-order valence-electron chi connectivity index (χ2n) is 8.88. The Balaban J connectivity index is 2.60. The third-order valence-electron chi connectivity index (χ3n) is 6.06.